The second kappa shape index (κ2) is 5.97. The molecular weight excluding hydrogens is 218 g/mol. The maximum absolute atomic E-state index is 9.43. The van der Waals surface area contributed by atoms with E-state index in [0.29, 0.717) is 12.5 Å². The Morgan fingerprint density at radius 1 is 1.31 bits per heavy atom. The average molecular weight is 237 g/mol. The first-order chi connectivity index (χ1) is 7.50. The van der Waals surface area contributed by atoms with Crippen LogP contribution in [0.25, 0.3) is 0 Å². The highest BCUT2D eigenvalue weighted by molar-refractivity contribution is 7.80. The fourth-order valence-corrected chi connectivity index (χ4v) is 2.01. The molecule has 0 saturated heterocycles. The monoisotopic (exact) mass is 237 g/mol. The maximum Gasteiger partial charge on any atom is 0.107 e. The average Bonchev–Trinajstić information content (AvgIpc) is 2.16. The smallest absolute Gasteiger partial charge is 0.107 e. The summed E-state index contributed by atoms with van der Waals surface area (Å²) in [6, 6.07) is 8.27. The number of aliphatic hydroxyl groups is 1. The maximum atomic E-state index is 9.43. The van der Waals surface area contributed by atoms with Crippen molar-refractivity contribution < 1.29 is 5.11 Å². The van der Waals surface area contributed by atoms with Crippen molar-refractivity contribution in [1.29, 1.82) is 0 Å². The molecule has 0 spiro atoms. The van der Waals surface area contributed by atoms with Gasteiger partial charge in [-0.3, -0.25) is 0 Å². The van der Waals surface area contributed by atoms with Crippen molar-refractivity contribution in [2.45, 2.75) is 39.3 Å². The van der Waals surface area contributed by atoms with Gasteiger partial charge in [-0.05, 0) is 32.8 Å². The lowest BCUT2D eigenvalue weighted by Gasteiger charge is -2.15. The SMILES string of the molecule is CC(O)Cc1ccccc1C(=S)NC(C)C. The lowest BCUT2D eigenvalue weighted by molar-refractivity contribution is 0.195. The third-order valence-corrected chi connectivity index (χ3v) is 2.53. The van der Waals surface area contributed by atoms with E-state index in [2.05, 4.69) is 19.2 Å². The van der Waals surface area contributed by atoms with Crippen LogP contribution >= 0.6 is 12.2 Å². The summed E-state index contributed by atoms with van der Waals surface area (Å²) >= 11 is 5.34. The highest BCUT2D eigenvalue weighted by Crippen LogP contribution is 2.12. The highest BCUT2D eigenvalue weighted by atomic mass is 32.1. The Balaban J connectivity index is 2.89. The molecule has 0 amide bonds. The third kappa shape index (κ3) is 3.91. The van der Waals surface area contributed by atoms with Crippen LogP contribution in [-0.4, -0.2) is 22.2 Å². The lowest BCUT2D eigenvalue weighted by atomic mass is 10.0. The first kappa shape index (κ1) is 13.1. The van der Waals surface area contributed by atoms with Gasteiger partial charge >= 0.3 is 0 Å². The zero-order chi connectivity index (χ0) is 12.1. The summed E-state index contributed by atoms with van der Waals surface area (Å²) in [4.78, 5) is 0.756. The molecule has 2 nitrogen and oxygen atoms in total. The summed E-state index contributed by atoms with van der Waals surface area (Å²) in [5, 5.41) is 12.7. The molecule has 0 saturated carbocycles. The van der Waals surface area contributed by atoms with Gasteiger partial charge in [0.25, 0.3) is 0 Å². The summed E-state index contributed by atoms with van der Waals surface area (Å²) in [6.07, 6.45) is 0.291. The molecule has 0 heterocycles. The molecule has 1 atom stereocenters. The van der Waals surface area contributed by atoms with Crippen LogP contribution in [0.3, 0.4) is 0 Å². The lowest BCUT2D eigenvalue weighted by Crippen LogP contribution is -2.30. The summed E-state index contributed by atoms with van der Waals surface area (Å²) in [7, 11) is 0. The number of thiocarbonyl (C=S) groups is 1. The second-order valence-electron chi connectivity index (χ2n) is 4.34. The van der Waals surface area contributed by atoms with Gasteiger partial charge in [0, 0.05) is 11.6 Å². The van der Waals surface area contributed by atoms with Crippen molar-refractivity contribution >= 4 is 17.2 Å². The zero-order valence-corrected chi connectivity index (χ0v) is 10.8. The molecule has 0 radical (unpaired) electrons. The molecule has 1 aromatic rings. The summed E-state index contributed by atoms with van der Waals surface area (Å²) in [5.74, 6) is 0. The minimum atomic E-state index is -0.344. The quantitative estimate of drug-likeness (QED) is 0.788. The fraction of sp³-hybridized carbons (Fsp3) is 0.462. The normalized spacial score (nSPS) is 12.6. The highest BCUT2D eigenvalue weighted by Gasteiger charge is 2.09. The molecule has 1 aromatic carbocycles. The van der Waals surface area contributed by atoms with E-state index in [-0.39, 0.29) is 6.10 Å². The number of rotatable bonds is 4. The molecule has 0 aromatic heterocycles. The van der Waals surface area contributed by atoms with Gasteiger partial charge in [0.1, 0.15) is 4.99 Å². The molecule has 0 fully saturated rings. The van der Waals surface area contributed by atoms with Gasteiger partial charge in [-0.1, -0.05) is 36.5 Å². The van der Waals surface area contributed by atoms with Crippen LogP contribution in [0.1, 0.15) is 31.9 Å². The van der Waals surface area contributed by atoms with Crippen molar-refractivity contribution in [1.82, 2.24) is 5.32 Å². The minimum Gasteiger partial charge on any atom is -0.393 e. The second-order valence-corrected chi connectivity index (χ2v) is 4.75. The van der Waals surface area contributed by atoms with Gasteiger partial charge in [-0.2, -0.15) is 0 Å². The number of benzene rings is 1. The predicted octanol–water partition coefficient (Wildman–Crippen LogP) is 2.28. The Labute approximate surface area is 103 Å². The van der Waals surface area contributed by atoms with Crippen molar-refractivity contribution in [2.75, 3.05) is 0 Å². The Hall–Kier alpha value is -0.930. The van der Waals surface area contributed by atoms with Gasteiger partial charge in [-0.15, -0.1) is 0 Å². The van der Waals surface area contributed by atoms with E-state index in [1.807, 2.05) is 24.3 Å². The largest absolute Gasteiger partial charge is 0.393 e. The van der Waals surface area contributed by atoms with Crippen molar-refractivity contribution in [2.24, 2.45) is 0 Å². The first-order valence-electron chi connectivity index (χ1n) is 5.57. The number of hydrogen-bond acceptors (Lipinski definition) is 2. The number of nitrogens with one attached hydrogen (secondary N) is 1. The van der Waals surface area contributed by atoms with Crippen LogP contribution in [-0.2, 0) is 6.42 Å². The van der Waals surface area contributed by atoms with Crippen LogP contribution < -0.4 is 5.32 Å². The van der Waals surface area contributed by atoms with Crippen molar-refractivity contribution in [3.63, 3.8) is 0 Å². The molecule has 3 heteroatoms. The number of hydrogen-bond donors (Lipinski definition) is 2. The molecule has 1 rings (SSSR count). The van der Waals surface area contributed by atoms with E-state index in [1.54, 1.807) is 6.92 Å². The molecule has 1 unspecified atom stereocenters. The molecule has 0 aliphatic carbocycles. The van der Waals surface area contributed by atoms with E-state index < -0.39 is 0 Å². The zero-order valence-electron chi connectivity index (χ0n) is 10.0. The van der Waals surface area contributed by atoms with E-state index >= 15 is 0 Å². The topological polar surface area (TPSA) is 32.3 Å². The Kier molecular flexibility index (Phi) is 4.90. The van der Waals surface area contributed by atoms with Gasteiger partial charge < -0.3 is 10.4 Å². The molecule has 0 aliphatic heterocycles. The standard InChI is InChI=1S/C13H19NOS/c1-9(2)14-13(16)12-7-5-4-6-11(12)8-10(3)15/h4-7,9-10,15H,8H2,1-3H3,(H,14,16). The van der Waals surface area contributed by atoms with E-state index in [1.165, 1.54) is 0 Å². The van der Waals surface area contributed by atoms with Crippen LogP contribution in [0.2, 0.25) is 0 Å². The van der Waals surface area contributed by atoms with E-state index in [0.717, 1.165) is 16.1 Å². The molecular formula is C13H19NOS. The van der Waals surface area contributed by atoms with Crippen molar-refractivity contribution in [3.05, 3.63) is 35.4 Å². The summed E-state index contributed by atoms with van der Waals surface area (Å²) in [6.45, 7) is 5.91. The minimum absolute atomic E-state index is 0.326. The number of aliphatic hydroxyl groups excluding tert-OH is 1. The third-order valence-electron chi connectivity index (χ3n) is 2.20. The Bertz CT molecular complexity index is 361. The molecule has 0 bridgehead atoms. The van der Waals surface area contributed by atoms with Gasteiger partial charge in [0.2, 0.25) is 0 Å². The van der Waals surface area contributed by atoms with E-state index in [9.17, 15) is 5.11 Å². The van der Waals surface area contributed by atoms with Crippen LogP contribution in [0.4, 0.5) is 0 Å². The fourth-order valence-electron chi connectivity index (χ4n) is 1.58. The van der Waals surface area contributed by atoms with E-state index in [4.69, 9.17) is 12.2 Å². The van der Waals surface area contributed by atoms with Crippen molar-refractivity contribution in [3.8, 4) is 0 Å². The van der Waals surface area contributed by atoms with Gasteiger partial charge in [0.05, 0.1) is 6.10 Å². The summed E-state index contributed by atoms with van der Waals surface area (Å²) < 4.78 is 0. The Morgan fingerprint density at radius 2 is 1.94 bits per heavy atom. The molecule has 16 heavy (non-hydrogen) atoms. The van der Waals surface area contributed by atoms with Crippen LogP contribution in [0, 0.1) is 0 Å². The van der Waals surface area contributed by atoms with Gasteiger partial charge in [-0.25, -0.2) is 0 Å². The van der Waals surface area contributed by atoms with Gasteiger partial charge in [0.15, 0.2) is 0 Å². The predicted molar refractivity (Wildman–Crippen MR) is 71.8 cm³/mol. The van der Waals surface area contributed by atoms with Crippen LogP contribution in [0.15, 0.2) is 24.3 Å². The molecule has 0 aliphatic rings. The first-order valence-corrected chi connectivity index (χ1v) is 5.98. The Morgan fingerprint density at radius 3 is 2.50 bits per heavy atom. The molecule has 2 N–H and O–H groups in total. The molecule has 88 valence electrons. The van der Waals surface area contributed by atoms with Crippen LogP contribution in [0.5, 0.6) is 0 Å². The summed E-state index contributed by atoms with van der Waals surface area (Å²) in [5.41, 5.74) is 2.11.